The zero-order valence-electron chi connectivity index (χ0n) is 15.8. The fraction of sp³-hybridized carbons (Fsp3) is 0.611. The van der Waals surface area contributed by atoms with Gasteiger partial charge in [-0.25, -0.2) is 13.4 Å². The lowest BCUT2D eigenvalue weighted by Crippen LogP contribution is -2.50. The van der Waals surface area contributed by atoms with Gasteiger partial charge in [0.1, 0.15) is 5.82 Å². The van der Waals surface area contributed by atoms with Crippen LogP contribution in [0.15, 0.2) is 18.3 Å². The number of rotatable bonds is 4. The van der Waals surface area contributed by atoms with Crippen LogP contribution >= 0.6 is 0 Å². The predicted octanol–water partition coefficient (Wildman–Crippen LogP) is 0.399. The number of carbonyl (C=O) groups is 2. The zero-order valence-corrected chi connectivity index (χ0v) is 16.6. The lowest BCUT2D eigenvalue weighted by Gasteiger charge is -2.34. The van der Waals surface area contributed by atoms with Gasteiger partial charge in [-0.05, 0) is 25.5 Å². The summed E-state index contributed by atoms with van der Waals surface area (Å²) in [6, 6.07) is 3.47. The van der Waals surface area contributed by atoms with E-state index in [-0.39, 0.29) is 29.4 Å². The molecule has 2 fully saturated rings. The highest BCUT2D eigenvalue weighted by molar-refractivity contribution is 7.91. The van der Waals surface area contributed by atoms with Crippen LogP contribution in [-0.4, -0.2) is 85.3 Å². The van der Waals surface area contributed by atoms with Gasteiger partial charge in [0.25, 0.3) is 5.91 Å². The second-order valence-corrected chi connectivity index (χ2v) is 9.27. The minimum atomic E-state index is -2.96. The Kier molecular flexibility index (Phi) is 5.69. The molecule has 1 aromatic heterocycles. The summed E-state index contributed by atoms with van der Waals surface area (Å²) in [7, 11) is -2.96. The standard InChI is InChI=1S/C18H26N4O4S/c1-3-22(16-6-11-27(25,26)13-16)17-5-4-15(12-19-17)18(24)21-9-7-20(8-10-21)14(2)23/h4-5,12,16H,3,6-11,13H2,1-2H3. The first kappa shape index (κ1) is 19.6. The molecule has 0 radical (unpaired) electrons. The predicted molar refractivity (Wildman–Crippen MR) is 102 cm³/mol. The molecular formula is C18H26N4O4S. The van der Waals surface area contributed by atoms with Crippen LogP contribution in [0.1, 0.15) is 30.6 Å². The molecule has 3 rings (SSSR count). The lowest BCUT2D eigenvalue weighted by atomic mass is 10.2. The van der Waals surface area contributed by atoms with Gasteiger partial charge < -0.3 is 14.7 Å². The number of pyridine rings is 1. The fourth-order valence-electron chi connectivity index (χ4n) is 3.72. The Hall–Kier alpha value is -2.16. The third kappa shape index (κ3) is 4.40. The smallest absolute Gasteiger partial charge is 0.255 e. The molecule has 2 aliphatic rings. The van der Waals surface area contributed by atoms with Crippen molar-refractivity contribution in [3.8, 4) is 0 Å². The van der Waals surface area contributed by atoms with Crippen LogP contribution in [0.3, 0.4) is 0 Å². The molecule has 2 aliphatic heterocycles. The number of hydrogen-bond acceptors (Lipinski definition) is 6. The van der Waals surface area contributed by atoms with E-state index in [0.29, 0.717) is 50.5 Å². The molecule has 148 valence electrons. The summed E-state index contributed by atoms with van der Waals surface area (Å²) in [5.74, 6) is 1.00. The Labute approximate surface area is 160 Å². The van der Waals surface area contributed by atoms with E-state index >= 15 is 0 Å². The Morgan fingerprint density at radius 1 is 1.19 bits per heavy atom. The Morgan fingerprint density at radius 2 is 1.85 bits per heavy atom. The molecule has 2 saturated heterocycles. The number of anilines is 1. The second kappa shape index (κ2) is 7.84. The average molecular weight is 394 g/mol. The molecule has 27 heavy (non-hydrogen) atoms. The zero-order chi connectivity index (χ0) is 19.6. The topological polar surface area (TPSA) is 90.9 Å². The molecule has 8 nitrogen and oxygen atoms in total. The molecule has 9 heteroatoms. The summed E-state index contributed by atoms with van der Waals surface area (Å²) in [6.45, 7) is 6.30. The van der Waals surface area contributed by atoms with Crippen molar-refractivity contribution in [2.45, 2.75) is 26.3 Å². The number of nitrogens with zero attached hydrogens (tertiary/aromatic N) is 4. The van der Waals surface area contributed by atoms with E-state index in [4.69, 9.17) is 0 Å². The number of sulfone groups is 1. The summed E-state index contributed by atoms with van der Waals surface area (Å²) in [4.78, 5) is 33.9. The first-order valence-electron chi connectivity index (χ1n) is 9.28. The summed E-state index contributed by atoms with van der Waals surface area (Å²) in [6.07, 6.45) is 2.17. The van der Waals surface area contributed by atoms with Crippen molar-refractivity contribution in [1.29, 1.82) is 0 Å². The number of hydrogen-bond donors (Lipinski definition) is 0. The molecule has 0 spiro atoms. The molecule has 0 aromatic carbocycles. The van der Waals surface area contributed by atoms with Crippen molar-refractivity contribution >= 4 is 27.5 Å². The lowest BCUT2D eigenvalue weighted by molar-refractivity contribution is -0.130. The van der Waals surface area contributed by atoms with Crippen molar-refractivity contribution in [2.75, 3.05) is 49.1 Å². The maximum Gasteiger partial charge on any atom is 0.255 e. The molecule has 2 amide bonds. The van der Waals surface area contributed by atoms with Gasteiger partial charge in [0, 0.05) is 51.9 Å². The van der Waals surface area contributed by atoms with E-state index in [1.54, 1.807) is 28.1 Å². The summed E-state index contributed by atoms with van der Waals surface area (Å²) in [5.41, 5.74) is 0.505. The van der Waals surface area contributed by atoms with Crippen molar-refractivity contribution < 1.29 is 18.0 Å². The Balaban J connectivity index is 1.66. The molecule has 0 aliphatic carbocycles. The summed E-state index contributed by atoms with van der Waals surface area (Å²) in [5, 5.41) is 0. The monoisotopic (exact) mass is 394 g/mol. The molecule has 1 aromatic rings. The van der Waals surface area contributed by atoms with Crippen LogP contribution in [0.25, 0.3) is 0 Å². The average Bonchev–Trinajstić information content (AvgIpc) is 3.02. The van der Waals surface area contributed by atoms with Crippen LogP contribution in [0, 0.1) is 0 Å². The molecule has 1 atom stereocenters. The quantitative estimate of drug-likeness (QED) is 0.734. The van der Waals surface area contributed by atoms with Gasteiger partial charge in [-0.2, -0.15) is 0 Å². The third-order valence-corrected chi connectivity index (χ3v) is 7.04. The van der Waals surface area contributed by atoms with Crippen molar-refractivity contribution in [3.63, 3.8) is 0 Å². The van der Waals surface area contributed by atoms with Crippen molar-refractivity contribution in [1.82, 2.24) is 14.8 Å². The highest BCUT2D eigenvalue weighted by Crippen LogP contribution is 2.23. The molecule has 0 N–H and O–H groups in total. The van der Waals surface area contributed by atoms with Gasteiger partial charge in [0.05, 0.1) is 17.1 Å². The van der Waals surface area contributed by atoms with Gasteiger partial charge >= 0.3 is 0 Å². The molecule has 3 heterocycles. The van der Waals surface area contributed by atoms with Crippen molar-refractivity contribution in [2.24, 2.45) is 0 Å². The second-order valence-electron chi connectivity index (χ2n) is 7.05. The van der Waals surface area contributed by atoms with Gasteiger partial charge in [0.15, 0.2) is 9.84 Å². The third-order valence-electron chi connectivity index (χ3n) is 5.29. The SMILES string of the molecule is CCN(c1ccc(C(=O)N2CCN(C(C)=O)CC2)cn1)C1CCS(=O)(=O)C1. The fourth-order valence-corrected chi connectivity index (χ4v) is 5.45. The molecule has 0 saturated carbocycles. The minimum absolute atomic E-state index is 0.0294. The maximum atomic E-state index is 12.7. The molecule has 0 bridgehead atoms. The number of piperazine rings is 1. The molecular weight excluding hydrogens is 368 g/mol. The van der Waals surface area contributed by atoms with Crippen molar-refractivity contribution in [3.05, 3.63) is 23.9 Å². The highest BCUT2D eigenvalue weighted by atomic mass is 32.2. The van der Waals surface area contributed by atoms with Crippen LogP contribution in [0.2, 0.25) is 0 Å². The first-order valence-corrected chi connectivity index (χ1v) is 11.1. The highest BCUT2D eigenvalue weighted by Gasteiger charge is 2.32. The van der Waals surface area contributed by atoms with Gasteiger partial charge in [-0.1, -0.05) is 0 Å². The van der Waals surface area contributed by atoms with E-state index in [0.717, 1.165) is 0 Å². The van der Waals surface area contributed by atoms with E-state index < -0.39 is 9.84 Å². The summed E-state index contributed by atoms with van der Waals surface area (Å²) >= 11 is 0. The van der Waals surface area contributed by atoms with Gasteiger partial charge in [0.2, 0.25) is 5.91 Å². The van der Waals surface area contributed by atoms with E-state index in [9.17, 15) is 18.0 Å². The van der Waals surface area contributed by atoms with Crippen LogP contribution in [-0.2, 0) is 14.6 Å². The van der Waals surface area contributed by atoms with E-state index in [1.807, 2.05) is 11.8 Å². The Morgan fingerprint density at radius 3 is 2.33 bits per heavy atom. The van der Waals surface area contributed by atoms with E-state index in [1.165, 1.54) is 6.92 Å². The summed E-state index contributed by atoms with van der Waals surface area (Å²) < 4.78 is 23.5. The normalized spacial score (nSPS) is 21.9. The number of aromatic nitrogens is 1. The van der Waals surface area contributed by atoms with Crippen LogP contribution in [0.4, 0.5) is 5.82 Å². The Bertz CT molecular complexity index is 801. The minimum Gasteiger partial charge on any atom is -0.353 e. The maximum absolute atomic E-state index is 12.7. The van der Waals surface area contributed by atoms with Gasteiger partial charge in [-0.15, -0.1) is 0 Å². The van der Waals surface area contributed by atoms with Crippen LogP contribution < -0.4 is 4.90 Å². The first-order chi connectivity index (χ1) is 12.8. The van der Waals surface area contributed by atoms with Gasteiger partial charge in [-0.3, -0.25) is 9.59 Å². The molecule has 1 unspecified atom stereocenters. The number of carbonyl (C=O) groups excluding carboxylic acids is 2. The van der Waals surface area contributed by atoms with Crippen LogP contribution in [0.5, 0.6) is 0 Å². The largest absolute Gasteiger partial charge is 0.353 e. The number of amides is 2. The van der Waals surface area contributed by atoms with E-state index in [2.05, 4.69) is 4.98 Å².